The highest BCUT2D eigenvalue weighted by Crippen LogP contribution is 2.18. The molecule has 1 aromatic heterocycles. The first-order valence-corrected chi connectivity index (χ1v) is 10.0. The molecule has 164 valence electrons. The van der Waals surface area contributed by atoms with Crippen molar-refractivity contribution in [3.05, 3.63) is 50.2 Å². The summed E-state index contributed by atoms with van der Waals surface area (Å²) in [5.41, 5.74) is 7.86. The summed E-state index contributed by atoms with van der Waals surface area (Å²) in [6, 6.07) is 5.76. The van der Waals surface area contributed by atoms with Gasteiger partial charge in [0.15, 0.2) is 0 Å². The van der Waals surface area contributed by atoms with Gasteiger partial charge < -0.3 is 20.7 Å². The van der Waals surface area contributed by atoms with Gasteiger partial charge in [-0.15, -0.1) is 0 Å². The molecular formula is C21H31N5O4. The molecule has 0 aliphatic rings. The topological polar surface area (TPSA) is 122 Å². The van der Waals surface area contributed by atoms with Crippen LogP contribution in [0, 0.1) is 13.8 Å². The van der Waals surface area contributed by atoms with Crippen molar-refractivity contribution in [2.45, 2.75) is 40.2 Å². The van der Waals surface area contributed by atoms with Gasteiger partial charge in [0, 0.05) is 25.9 Å². The number of nitrogen functional groups attached to an aromatic ring is 1. The van der Waals surface area contributed by atoms with E-state index in [2.05, 4.69) is 10.3 Å². The Labute approximate surface area is 175 Å². The Kier molecular flexibility index (Phi) is 8.23. The van der Waals surface area contributed by atoms with E-state index in [-0.39, 0.29) is 37.1 Å². The molecule has 2 rings (SSSR count). The number of H-pyrrole nitrogens is 1. The number of ether oxygens (including phenoxy) is 1. The van der Waals surface area contributed by atoms with Gasteiger partial charge in [-0.05, 0) is 43.5 Å². The number of aryl methyl sites for hydroxylation is 2. The zero-order valence-corrected chi connectivity index (χ0v) is 18.1. The molecule has 0 aliphatic heterocycles. The van der Waals surface area contributed by atoms with Crippen LogP contribution in [0.1, 0.15) is 30.9 Å². The summed E-state index contributed by atoms with van der Waals surface area (Å²) >= 11 is 0. The second-order valence-electron chi connectivity index (χ2n) is 7.34. The molecule has 0 atom stereocenters. The molecule has 30 heavy (non-hydrogen) atoms. The van der Waals surface area contributed by atoms with Crippen molar-refractivity contribution in [1.82, 2.24) is 9.55 Å². The number of aromatic nitrogens is 2. The van der Waals surface area contributed by atoms with Gasteiger partial charge in [0.2, 0.25) is 5.91 Å². The van der Waals surface area contributed by atoms with Crippen LogP contribution >= 0.6 is 0 Å². The van der Waals surface area contributed by atoms with E-state index in [1.54, 1.807) is 0 Å². The Morgan fingerprint density at radius 2 is 1.90 bits per heavy atom. The number of rotatable bonds is 10. The van der Waals surface area contributed by atoms with Gasteiger partial charge in [0.05, 0.1) is 13.2 Å². The number of methoxy groups -OCH3 is 1. The molecule has 9 heteroatoms. The monoisotopic (exact) mass is 417 g/mol. The van der Waals surface area contributed by atoms with Gasteiger partial charge in [-0.1, -0.05) is 19.4 Å². The molecule has 9 nitrogen and oxygen atoms in total. The number of anilines is 3. The highest BCUT2D eigenvalue weighted by Gasteiger charge is 2.21. The summed E-state index contributed by atoms with van der Waals surface area (Å²) in [4.78, 5) is 41.3. The summed E-state index contributed by atoms with van der Waals surface area (Å²) in [7, 11) is 1.53. The minimum atomic E-state index is -0.624. The van der Waals surface area contributed by atoms with E-state index in [9.17, 15) is 14.4 Å². The van der Waals surface area contributed by atoms with Crippen molar-refractivity contribution in [3.63, 3.8) is 0 Å². The number of aromatic amines is 1. The van der Waals surface area contributed by atoms with Crippen molar-refractivity contribution in [3.8, 4) is 0 Å². The molecule has 4 N–H and O–H groups in total. The van der Waals surface area contributed by atoms with Crippen LogP contribution in [0.5, 0.6) is 0 Å². The zero-order chi connectivity index (χ0) is 22.3. The molecular weight excluding hydrogens is 386 g/mol. The number of hydrogen-bond acceptors (Lipinski definition) is 6. The lowest BCUT2D eigenvalue weighted by atomic mass is 10.1. The maximum Gasteiger partial charge on any atom is 0.330 e. The second kappa shape index (κ2) is 10.6. The maximum atomic E-state index is 12.7. The lowest BCUT2D eigenvalue weighted by Gasteiger charge is -2.25. The minimum absolute atomic E-state index is 0.0486. The standard InChI is InChI=1S/C21H31N5O4/c1-5-6-7-26-19(22)18(20(28)24-21(26)29)25(8-9-30-4)13-17(27)23-16-11-14(2)10-15(3)12-16/h10-12H,5-9,13,22H2,1-4H3,(H,23,27)(H,24,28,29). The summed E-state index contributed by atoms with van der Waals surface area (Å²) in [6.07, 6.45) is 1.60. The molecule has 1 aromatic carbocycles. The highest BCUT2D eigenvalue weighted by atomic mass is 16.5. The Hall–Kier alpha value is -3.07. The number of amides is 1. The van der Waals surface area contributed by atoms with E-state index >= 15 is 0 Å². The average Bonchev–Trinajstić information content (AvgIpc) is 2.64. The molecule has 1 amide bonds. The number of benzene rings is 1. The van der Waals surface area contributed by atoms with Gasteiger partial charge in [0.25, 0.3) is 5.56 Å². The largest absolute Gasteiger partial charge is 0.383 e. The van der Waals surface area contributed by atoms with Crippen LogP contribution in [-0.4, -0.2) is 42.3 Å². The fraction of sp³-hybridized carbons (Fsp3) is 0.476. The normalized spacial score (nSPS) is 10.8. The summed E-state index contributed by atoms with van der Waals surface area (Å²) < 4.78 is 6.46. The molecule has 0 fully saturated rings. The van der Waals surface area contributed by atoms with Gasteiger partial charge in [0.1, 0.15) is 11.5 Å². The van der Waals surface area contributed by atoms with Crippen LogP contribution in [0.4, 0.5) is 17.2 Å². The fourth-order valence-electron chi connectivity index (χ4n) is 3.31. The van der Waals surface area contributed by atoms with Crippen molar-refractivity contribution >= 4 is 23.1 Å². The van der Waals surface area contributed by atoms with Crippen LogP contribution in [0.25, 0.3) is 0 Å². The van der Waals surface area contributed by atoms with Crippen LogP contribution in [0.15, 0.2) is 27.8 Å². The number of nitrogens with two attached hydrogens (primary N) is 1. The lowest BCUT2D eigenvalue weighted by Crippen LogP contribution is -2.42. The zero-order valence-electron chi connectivity index (χ0n) is 18.1. The van der Waals surface area contributed by atoms with Crippen LogP contribution < -0.4 is 27.2 Å². The third kappa shape index (κ3) is 5.96. The summed E-state index contributed by atoms with van der Waals surface area (Å²) in [5.74, 6) is -0.256. The molecule has 0 radical (unpaired) electrons. The van der Waals surface area contributed by atoms with Crippen LogP contribution in [0.2, 0.25) is 0 Å². The molecule has 0 aliphatic carbocycles. The lowest BCUT2D eigenvalue weighted by molar-refractivity contribution is -0.115. The average molecular weight is 418 g/mol. The third-order valence-electron chi connectivity index (χ3n) is 4.67. The van der Waals surface area contributed by atoms with E-state index in [1.807, 2.05) is 39.0 Å². The number of hydrogen-bond donors (Lipinski definition) is 3. The van der Waals surface area contributed by atoms with Crippen molar-refractivity contribution in [1.29, 1.82) is 0 Å². The molecule has 0 bridgehead atoms. The minimum Gasteiger partial charge on any atom is -0.383 e. The van der Waals surface area contributed by atoms with E-state index < -0.39 is 11.2 Å². The number of carbonyl (C=O) groups is 1. The van der Waals surface area contributed by atoms with Gasteiger partial charge in [-0.25, -0.2) is 4.79 Å². The van der Waals surface area contributed by atoms with Gasteiger partial charge >= 0.3 is 5.69 Å². The summed E-state index contributed by atoms with van der Waals surface area (Å²) in [6.45, 7) is 6.71. The first-order valence-electron chi connectivity index (χ1n) is 10.0. The smallest absolute Gasteiger partial charge is 0.330 e. The predicted molar refractivity (Wildman–Crippen MR) is 119 cm³/mol. The number of nitrogens with zero attached hydrogens (tertiary/aromatic N) is 2. The number of carbonyl (C=O) groups excluding carboxylic acids is 1. The van der Waals surface area contributed by atoms with E-state index in [0.717, 1.165) is 24.0 Å². The summed E-state index contributed by atoms with van der Waals surface area (Å²) in [5, 5.41) is 2.86. The van der Waals surface area contributed by atoms with Crippen LogP contribution in [0.3, 0.4) is 0 Å². The van der Waals surface area contributed by atoms with E-state index in [0.29, 0.717) is 12.2 Å². The highest BCUT2D eigenvalue weighted by molar-refractivity contribution is 5.94. The molecule has 1 heterocycles. The van der Waals surface area contributed by atoms with Crippen LogP contribution in [-0.2, 0) is 16.1 Å². The third-order valence-corrected chi connectivity index (χ3v) is 4.67. The molecule has 0 spiro atoms. The van der Waals surface area contributed by atoms with E-state index in [1.165, 1.54) is 16.6 Å². The Morgan fingerprint density at radius 1 is 1.23 bits per heavy atom. The Bertz CT molecular complexity index is 976. The Morgan fingerprint density at radius 3 is 2.50 bits per heavy atom. The quantitative estimate of drug-likeness (QED) is 0.540. The number of unbranched alkanes of at least 4 members (excludes halogenated alkanes) is 1. The first-order chi connectivity index (χ1) is 14.3. The van der Waals surface area contributed by atoms with Gasteiger partial charge in [-0.2, -0.15) is 0 Å². The number of nitrogens with one attached hydrogen (secondary N) is 2. The van der Waals surface area contributed by atoms with Crippen molar-refractivity contribution < 1.29 is 9.53 Å². The molecule has 0 saturated heterocycles. The van der Waals surface area contributed by atoms with Crippen molar-refractivity contribution in [2.75, 3.05) is 42.8 Å². The maximum absolute atomic E-state index is 12.7. The Balaban J connectivity index is 2.34. The van der Waals surface area contributed by atoms with Gasteiger partial charge in [-0.3, -0.25) is 19.1 Å². The fourth-order valence-corrected chi connectivity index (χ4v) is 3.31. The molecule has 0 saturated carbocycles. The SMILES string of the molecule is CCCCn1c(N)c(N(CCOC)CC(=O)Nc2cc(C)cc(C)c2)c(=O)[nH]c1=O. The van der Waals surface area contributed by atoms with E-state index in [4.69, 9.17) is 10.5 Å². The second-order valence-corrected chi connectivity index (χ2v) is 7.34. The molecule has 2 aromatic rings. The first kappa shape index (κ1) is 23.2. The van der Waals surface area contributed by atoms with Crippen molar-refractivity contribution in [2.24, 2.45) is 0 Å². The molecule has 0 unspecified atom stereocenters. The predicted octanol–water partition coefficient (Wildman–Crippen LogP) is 1.63.